The first kappa shape index (κ1) is 16.3. The Morgan fingerprint density at radius 2 is 1.92 bits per heavy atom. The highest BCUT2D eigenvalue weighted by Gasteiger charge is 2.25. The normalized spacial score (nSPS) is 19.6. The van der Waals surface area contributed by atoms with Crippen LogP contribution in [0.3, 0.4) is 0 Å². The number of hydrogen-bond acceptors (Lipinski definition) is 6. The van der Waals surface area contributed by atoms with Crippen LogP contribution in [-0.4, -0.2) is 89.3 Å². The van der Waals surface area contributed by atoms with E-state index < -0.39 is 0 Å². The topological polar surface area (TPSA) is 66.2 Å². The van der Waals surface area contributed by atoms with Crippen molar-refractivity contribution in [2.24, 2.45) is 0 Å². The van der Waals surface area contributed by atoms with Gasteiger partial charge in [0, 0.05) is 51.7 Å². The van der Waals surface area contributed by atoms with Gasteiger partial charge in [0.2, 0.25) is 5.91 Å². The van der Waals surface area contributed by atoms with Gasteiger partial charge in [0.25, 0.3) is 0 Å². The third-order valence-electron chi connectivity index (χ3n) is 4.89. The molecule has 1 amide bonds. The van der Waals surface area contributed by atoms with E-state index in [-0.39, 0.29) is 5.91 Å². The second-order valence-corrected chi connectivity index (χ2v) is 6.62. The molecule has 2 aromatic heterocycles. The maximum absolute atomic E-state index is 12.5. The summed E-state index contributed by atoms with van der Waals surface area (Å²) >= 11 is 0. The third kappa shape index (κ3) is 3.45. The lowest BCUT2D eigenvalue weighted by molar-refractivity contribution is -0.133. The highest BCUT2D eigenvalue weighted by molar-refractivity contribution is 5.79. The van der Waals surface area contributed by atoms with Gasteiger partial charge in [0.15, 0.2) is 5.82 Å². The summed E-state index contributed by atoms with van der Waals surface area (Å²) in [6.07, 6.45) is 3.65. The fraction of sp³-hybridized carbons (Fsp3) is 0.588. The Bertz CT molecular complexity index is 747. The van der Waals surface area contributed by atoms with E-state index in [0.29, 0.717) is 6.54 Å². The number of nitrogens with zero attached hydrogens (tertiary/aromatic N) is 6. The number of fused-ring (bicyclic) bond motifs is 1. The molecule has 2 fully saturated rings. The van der Waals surface area contributed by atoms with Gasteiger partial charge in [-0.05, 0) is 13.0 Å². The van der Waals surface area contributed by atoms with Gasteiger partial charge in [-0.2, -0.15) is 5.10 Å². The summed E-state index contributed by atoms with van der Waals surface area (Å²) in [5.41, 5.74) is 2.00. The maximum atomic E-state index is 12.5. The van der Waals surface area contributed by atoms with Crippen LogP contribution in [0, 0.1) is 6.92 Å². The molecule has 2 aliphatic rings. The van der Waals surface area contributed by atoms with Gasteiger partial charge in [-0.15, -0.1) is 0 Å². The van der Waals surface area contributed by atoms with Crippen molar-refractivity contribution < 1.29 is 9.53 Å². The van der Waals surface area contributed by atoms with E-state index in [1.165, 1.54) is 0 Å². The van der Waals surface area contributed by atoms with E-state index in [4.69, 9.17) is 4.74 Å². The van der Waals surface area contributed by atoms with Crippen LogP contribution in [0.1, 0.15) is 5.69 Å². The Morgan fingerprint density at radius 1 is 1.16 bits per heavy atom. The average molecular weight is 344 g/mol. The number of carbonyl (C=O) groups excluding carboxylic acids is 1. The van der Waals surface area contributed by atoms with Gasteiger partial charge < -0.3 is 14.5 Å². The second-order valence-electron chi connectivity index (χ2n) is 6.62. The number of rotatable bonds is 3. The first-order chi connectivity index (χ1) is 12.2. The molecule has 0 atom stereocenters. The highest BCUT2D eigenvalue weighted by Crippen LogP contribution is 2.21. The molecule has 0 spiro atoms. The fourth-order valence-corrected chi connectivity index (χ4v) is 3.49. The minimum atomic E-state index is 0.216. The molecule has 134 valence electrons. The summed E-state index contributed by atoms with van der Waals surface area (Å²) in [7, 11) is 0. The minimum absolute atomic E-state index is 0.216. The van der Waals surface area contributed by atoms with Gasteiger partial charge in [0.05, 0.1) is 25.5 Å². The van der Waals surface area contributed by atoms with Crippen LogP contribution in [0.25, 0.3) is 5.52 Å². The molecule has 2 saturated heterocycles. The standard InChI is InChI=1S/C17H24N6O2/c1-14-12-15-17(18-2-3-23(15)19-14)22-6-4-21(5-7-22)16(24)13-20-8-10-25-11-9-20/h2-3,12H,4-11,13H2,1H3. The zero-order valence-electron chi connectivity index (χ0n) is 14.6. The zero-order chi connectivity index (χ0) is 17.2. The number of aryl methyl sites for hydroxylation is 1. The second kappa shape index (κ2) is 6.97. The third-order valence-corrected chi connectivity index (χ3v) is 4.89. The van der Waals surface area contributed by atoms with E-state index in [2.05, 4.69) is 25.9 Å². The molecule has 0 saturated carbocycles. The summed E-state index contributed by atoms with van der Waals surface area (Å²) < 4.78 is 7.21. The van der Waals surface area contributed by atoms with E-state index in [1.54, 1.807) is 6.20 Å². The number of amides is 1. The predicted molar refractivity (Wildman–Crippen MR) is 93.8 cm³/mol. The van der Waals surface area contributed by atoms with Crippen molar-refractivity contribution in [3.63, 3.8) is 0 Å². The van der Waals surface area contributed by atoms with Crippen molar-refractivity contribution in [2.75, 3.05) is 63.9 Å². The van der Waals surface area contributed by atoms with E-state index in [0.717, 1.165) is 69.5 Å². The molecule has 0 aromatic carbocycles. The number of ether oxygens (including phenoxy) is 1. The average Bonchev–Trinajstić information content (AvgIpc) is 3.03. The van der Waals surface area contributed by atoms with Crippen molar-refractivity contribution in [2.45, 2.75) is 6.92 Å². The number of piperazine rings is 1. The lowest BCUT2D eigenvalue weighted by Gasteiger charge is -2.37. The van der Waals surface area contributed by atoms with E-state index >= 15 is 0 Å². The molecular weight excluding hydrogens is 320 g/mol. The summed E-state index contributed by atoms with van der Waals surface area (Å²) in [4.78, 5) is 23.5. The van der Waals surface area contributed by atoms with Crippen LogP contribution in [-0.2, 0) is 9.53 Å². The van der Waals surface area contributed by atoms with Crippen molar-refractivity contribution in [1.29, 1.82) is 0 Å². The minimum Gasteiger partial charge on any atom is -0.379 e. The molecule has 2 aliphatic heterocycles. The molecule has 0 N–H and O–H groups in total. The molecule has 0 bridgehead atoms. The highest BCUT2D eigenvalue weighted by atomic mass is 16.5. The Morgan fingerprint density at radius 3 is 2.68 bits per heavy atom. The van der Waals surface area contributed by atoms with Gasteiger partial charge in [0.1, 0.15) is 5.52 Å². The quantitative estimate of drug-likeness (QED) is 0.782. The smallest absolute Gasteiger partial charge is 0.236 e. The Labute approximate surface area is 147 Å². The summed E-state index contributed by atoms with van der Waals surface area (Å²) in [6, 6.07) is 2.05. The van der Waals surface area contributed by atoms with Gasteiger partial charge in [-0.25, -0.2) is 9.50 Å². The first-order valence-corrected chi connectivity index (χ1v) is 8.84. The lowest BCUT2D eigenvalue weighted by atomic mass is 10.2. The molecule has 25 heavy (non-hydrogen) atoms. The fourth-order valence-electron chi connectivity index (χ4n) is 3.49. The van der Waals surface area contributed by atoms with E-state index in [1.807, 2.05) is 22.5 Å². The van der Waals surface area contributed by atoms with Crippen LogP contribution < -0.4 is 4.90 Å². The number of carbonyl (C=O) groups is 1. The molecule has 8 heteroatoms. The molecule has 8 nitrogen and oxygen atoms in total. The zero-order valence-corrected chi connectivity index (χ0v) is 14.6. The predicted octanol–water partition coefficient (Wildman–Crippen LogP) is 0.0185. The Kier molecular flexibility index (Phi) is 4.54. The first-order valence-electron chi connectivity index (χ1n) is 8.84. The molecule has 0 unspecified atom stereocenters. The lowest BCUT2D eigenvalue weighted by Crippen LogP contribution is -2.52. The number of hydrogen-bond donors (Lipinski definition) is 0. The number of aromatic nitrogens is 3. The summed E-state index contributed by atoms with van der Waals surface area (Å²) in [5.74, 6) is 1.16. The SMILES string of the molecule is Cc1cc2c(N3CCN(C(=O)CN4CCOCC4)CC3)nccn2n1. The van der Waals surface area contributed by atoms with Crippen molar-refractivity contribution in [1.82, 2.24) is 24.4 Å². The van der Waals surface area contributed by atoms with Crippen LogP contribution in [0.15, 0.2) is 18.5 Å². The van der Waals surface area contributed by atoms with Gasteiger partial charge in [-0.1, -0.05) is 0 Å². The molecule has 0 aliphatic carbocycles. The van der Waals surface area contributed by atoms with Gasteiger partial charge in [-0.3, -0.25) is 9.69 Å². The van der Waals surface area contributed by atoms with Crippen molar-refractivity contribution >= 4 is 17.2 Å². The summed E-state index contributed by atoms with van der Waals surface area (Å²) in [6.45, 7) is 8.69. The Hall–Kier alpha value is -2.19. The van der Waals surface area contributed by atoms with Crippen LogP contribution in [0.4, 0.5) is 5.82 Å². The molecule has 0 radical (unpaired) electrons. The van der Waals surface area contributed by atoms with Crippen LogP contribution in [0.5, 0.6) is 0 Å². The van der Waals surface area contributed by atoms with Gasteiger partial charge >= 0.3 is 0 Å². The van der Waals surface area contributed by atoms with Crippen LogP contribution in [0.2, 0.25) is 0 Å². The largest absolute Gasteiger partial charge is 0.379 e. The molecule has 2 aromatic rings. The van der Waals surface area contributed by atoms with Crippen LogP contribution >= 0.6 is 0 Å². The van der Waals surface area contributed by atoms with Crippen molar-refractivity contribution in [3.8, 4) is 0 Å². The van der Waals surface area contributed by atoms with E-state index in [9.17, 15) is 4.79 Å². The number of anilines is 1. The molecule has 4 heterocycles. The Balaban J connectivity index is 1.38. The summed E-state index contributed by atoms with van der Waals surface area (Å²) in [5, 5.41) is 4.45. The van der Waals surface area contributed by atoms with Crippen molar-refractivity contribution in [3.05, 3.63) is 24.2 Å². The monoisotopic (exact) mass is 344 g/mol. The number of morpholine rings is 1. The maximum Gasteiger partial charge on any atom is 0.236 e. The molecule has 4 rings (SSSR count). The molecular formula is C17H24N6O2.